The van der Waals surface area contributed by atoms with Crippen LogP contribution in [0.4, 0.5) is 23.2 Å². The number of nitrogens with zero attached hydrogens (tertiary/aromatic N) is 5. The van der Waals surface area contributed by atoms with Gasteiger partial charge in [0, 0.05) is 47.8 Å². The Balaban J connectivity index is 1.85. The molecule has 4 aromatic heterocycles. The third-order valence-electron chi connectivity index (χ3n) is 5.50. The van der Waals surface area contributed by atoms with E-state index in [0.29, 0.717) is 45.3 Å². The quantitative estimate of drug-likeness (QED) is 0.303. The van der Waals surface area contributed by atoms with Crippen LogP contribution in [0.2, 0.25) is 0 Å². The van der Waals surface area contributed by atoms with E-state index >= 15 is 0 Å². The Bertz CT molecular complexity index is 1540. The second kappa shape index (κ2) is 8.31. The minimum atomic E-state index is -4.65. The highest BCUT2D eigenvalue weighted by atomic mass is 19.4. The minimum absolute atomic E-state index is 0.187. The van der Waals surface area contributed by atoms with Crippen LogP contribution in [0.25, 0.3) is 38.8 Å². The number of alkyl halides is 3. The predicted octanol–water partition coefficient (Wildman–Crippen LogP) is 5.00. The molecule has 4 heterocycles. The van der Waals surface area contributed by atoms with Crippen molar-refractivity contribution in [2.24, 2.45) is 0 Å². The zero-order valence-corrected chi connectivity index (χ0v) is 18.5. The third-order valence-corrected chi connectivity index (χ3v) is 5.50. The fourth-order valence-electron chi connectivity index (χ4n) is 3.98. The number of nitrogens with one attached hydrogen (secondary N) is 2. The van der Waals surface area contributed by atoms with Crippen LogP contribution in [-0.4, -0.2) is 41.4 Å². The zero-order valence-electron chi connectivity index (χ0n) is 18.5. The molecule has 0 aliphatic heterocycles. The highest BCUT2D eigenvalue weighted by Gasteiger charge is 2.34. The first kappa shape index (κ1) is 22.7. The molecule has 5 rings (SSSR count). The molecule has 35 heavy (non-hydrogen) atoms. The lowest BCUT2D eigenvalue weighted by molar-refractivity contribution is -0.141. The van der Waals surface area contributed by atoms with E-state index in [9.17, 15) is 22.7 Å². The number of aromatic nitrogens is 6. The van der Waals surface area contributed by atoms with Gasteiger partial charge in [0.25, 0.3) is 0 Å². The van der Waals surface area contributed by atoms with Gasteiger partial charge in [0.1, 0.15) is 17.6 Å². The third kappa shape index (κ3) is 3.95. The van der Waals surface area contributed by atoms with Gasteiger partial charge in [0.05, 0.1) is 22.3 Å². The molecule has 0 aliphatic rings. The summed E-state index contributed by atoms with van der Waals surface area (Å²) in [6.45, 7) is 3.90. The molecule has 0 aliphatic carbocycles. The number of aliphatic hydroxyl groups excluding tert-OH is 1. The van der Waals surface area contributed by atoms with E-state index < -0.39 is 23.8 Å². The number of aliphatic hydroxyl groups is 1. The Morgan fingerprint density at radius 3 is 2.51 bits per heavy atom. The van der Waals surface area contributed by atoms with E-state index in [0.717, 1.165) is 10.7 Å². The maximum atomic E-state index is 14.6. The molecule has 1 atom stereocenters. The van der Waals surface area contributed by atoms with Crippen molar-refractivity contribution in [3.63, 3.8) is 0 Å². The van der Waals surface area contributed by atoms with Crippen LogP contribution in [0.15, 0.2) is 43.0 Å². The van der Waals surface area contributed by atoms with E-state index in [2.05, 4.69) is 30.4 Å². The molecule has 0 amide bonds. The second-order valence-corrected chi connectivity index (χ2v) is 7.92. The maximum Gasteiger partial charge on any atom is 0.435 e. The largest absolute Gasteiger partial charge is 0.435 e. The molecule has 8 nitrogen and oxygen atoms in total. The van der Waals surface area contributed by atoms with E-state index in [4.69, 9.17) is 0 Å². The average Bonchev–Trinajstić information content (AvgIpc) is 3.44. The molecule has 3 N–H and O–H groups in total. The van der Waals surface area contributed by atoms with Gasteiger partial charge in [-0.2, -0.15) is 18.3 Å². The number of anilines is 1. The van der Waals surface area contributed by atoms with Gasteiger partial charge in [0.2, 0.25) is 0 Å². The number of rotatable bonds is 5. The smallest absolute Gasteiger partial charge is 0.385 e. The van der Waals surface area contributed by atoms with Gasteiger partial charge in [-0.1, -0.05) is 0 Å². The van der Waals surface area contributed by atoms with Crippen LogP contribution in [0.3, 0.4) is 0 Å². The van der Waals surface area contributed by atoms with Crippen LogP contribution in [0.5, 0.6) is 0 Å². The van der Waals surface area contributed by atoms with Crippen LogP contribution in [-0.2, 0) is 6.18 Å². The van der Waals surface area contributed by atoms with Crippen LogP contribution < -0.4 is 5.32 Å². The highest BCUT2D eigenvalue weighted by Crippen LogP contribution is 2.39. The predicted molar refractivity (Wildman–Crippen MR) is 122 cm³/mol. The van der Waals surface area contributed by atoms with Gasteiger partial charge in [0.15, 0.2) is 11.5 Å². The van der Waals surface area contributed by atoms with E-state index in [1.54, 1.807) is 0 Å². The van der Waals surface area contributed by atoms with Crippen molar-refractivity contribution in [1.29, 1.82) is 0 Å². The van der Waals surface area contributed by atoms with Gasteiger partial charge < -0.3 is 15.4 Å². The zero-order chi connectivity index (χ0) is 24.9. The number of fused-ring (bicyclic) bond motifs is 3. The summed E-state index contributed by atoms with van der Waals surface area (Å²) in [5.74, 6) is -0.334. The molecular formula is C23H19F4N7O. The lowest BCUT2D eigenvalue weighted by Crippen LogP contribution is -2.08. The van der Waals surface area contributed by atoms with Crippen molar-refractivity contribution in [3.8, 4) is 16.8 Å². The molecule has 12 heteroatoms. The number of benzene rings is 1. The lowest BCUT2D eigenvalue weighted by atomic mass is 10.0. The normalized spacial score (nSPS) is 13.0. The Kier molecular flexibility index (Phi) is 5.39. The van der Waals surface area contributed by atoms with Crippen molar-refractivity contribution in [2.45, 2.75) is 26.1 Å². The summed E-state index contributed by atoms with van der Waals surface area (Å²) in [5.41, 5.74) is 1.37. The number of aromatic amines is 1. The van der Waals surface area contributed by atoms with E-state index in [1.807, 2.05) is 6.92 Å². The number of H-pyrrole nitrogens is 1. The summed E-state index contributed by atoms with van der Waals surface area (Å²) in [6.07, 6.45) is -0.0129. The van der Waals surface area contributed by atoms with Gasteiger partial charge in [-0.05, 0) is 32.0 Å². The molecule has 0 bridgehead atoms. The molecule has 0 spiro atoms. The van der Waals surface area contributed by atoms with E-state index in [1.165, 1.54) is 43.8 Å². The Morgan fingerprint density at radius 1 is 1.14 bits per heavy atom. The van der Waals surface area contributed by atoms with Crippen molar-refractivity contribution >= 4 is 27.6 Å². The summed E-state index contributed by atoms with van der Waals surface area (Å²) < 4.78 is 55.8. The summed E-state index contributed by atoms with van der Waals surface area (Å²) in [6, 6.07) is 3.49. The van der Waals surface area contributed by atoms with Crippen LogP contribution in [0.1, 0.15) is 31.5 Å². The molecule has 180 valence electrons. The molecule has 1 aromatic carbocycles. The average molecular weight is 485 g/mol. The fourth-order valence-corrected chi connectivity index (χ4v) is 3.98. The van der Waals surface area contributed by atoms with Gasteiger partial charge >= 0.3 is 6.18 Å². The monoisotopic (exact) mass is 485 g/mol. The first-order valence-corrected chi connectivity index (χ1v) is 10.7. The fraction of sp³-hybridized carbons (Fsp3) is 0.217. The van der Waals surface area contributed by atoms with Gasteiger partial charge in [-0.25, -0.2) is 24.0 Å². The van der Waals surface area contributed by atoms with Gasteiger partial charge in [-0.15, -0.1) is 0 Å². The molecule has 0 unspecified atom stereocenters. The van der Waals surface area contributed by atoms with Gasteiger partial charge in [-0.3, -0.25) is 0 Å². The summed E-state index contributed by atoms with van der Waals surface area (Å²) in [5, 5.41) is 17.4. The summed E-state index contributed by atoms with van der Waals surface area (Å²) in [7, 11) is 0. The lowest BCUT2D eigenvalue weighted by Gasteiger charge is -2.12. The molecular weight excluding hydrogens is 466 g/mol. The Morgan fingerprint density at radius 2 is 1.89 bits per heavy atom. The van der Waals surface area contributed by atoms with Crippen molar-refractivity contribution in [1.82, 2.24) is 29.7 Å². The van der Waals surface area contributed by atoms with Crippen molar-refractivity contribution in [3.05, 3.63) is 60.3 Å². The first-order chi connectivity index (χ1) is 16.7. The van der Waals surface area contributed by atoms with Crippen LogP contribution in [0, 0.1) is 5.82 Å². The Hall–Kier alpha value is -4.06. The SMILES string of the molecule is CCNc1cc(F)cc2c1[nH]c1ncc(-c3cnc([C@H](C)O)nc3)c(-n3ccc(C(F)(F)F)n3)c12. The van der Waals surface area contributed by atoms with E-state index in [-0.39, 0.29) is 11.5 Å². The standard InChI is InChI=1S/C23H19F4N7O/c1-3-28-16-7-13(24)6-14-18-20(34-5-4-17(33-34)23(25,26)27)15(10-31-22(18)32-19(14)16)12-8-29-21(11(2)35)30-9-12/h4-11,28,35H,3H2,1-2H3,(H,31,32)/t11-/m0/s1. The highest BCUT2D eigenvalue weighted by molar-refractivity contribution is 6.15. The van der Waals surface area contributed by atoms with Crippen molar-refractivity contribution in [2.75, 3.05) is 11.9 Å². The molecule has 0 saturated carbocycles. The second-order valence-electron chi connectivity index (χ2n) is 7.92. The summed E-state index contributed by atoms with van der Waals surface area (Å²) in [4.78, 5) is 15.9. The molecule has 5 aromatic rings. The number of halogens is 4. The maximum absolute atomic E-state index is 14.6. The minimum Gasteiger partial charge on any atom is -0.385 e. The summed E-state index contributed by atoms with van der Waals surface area (Å²) >= 11 is 0. The molecule has 0 fully saturated rings. The Labute approximate surface area is 195 Å². The number of hydrogen-bond acceptors (Lipinski definition) is 6. The van der Waals surface area contributed by atoms with Crippen LogP contribution >= 0.6 is 0 Å². The molecule has 0 radical (unpaired) electrons. The topological polar surface area (TPSA) is 105 Å². The van der Waals surface area contributed by atoms with Crippen molar-refractivity contribution < 1.29 is 22.7 Å². The first-order valence-electron chi connectivity index (χ1n) is 10.7. The number of hydrogen-bond donors (Lipinski definition) is 3. The molecule has 0 saturated heterocycles. The number of pyridine rings is 1.